The van der Waals surface area contributed by atoms with Gasteiger partial charge in [-0.25, -0.2) is 0 Å². The second kappa shape index (κ2) is 7.35. The highest BCUT2D eigenvalue weighted by Gasteiger charge is 2.12. The van der Waals surface area contributed by atoms with E-state index in [9.17, 15) is 4.79 Å². The fraction of sp³-hybridized carbons (Fsp3) is 0.462. The van der Waals surface area contributed by atoms with Crippen LogP contribution in [0.15, 0.2) is 35.2 Å². The van der Waals surface area contributed by atoms with E-state index < -0.39 is 5.97 Å². The molecule has 0 radical (unpaired) electrons. The van der Waals surface area contributed by atoms with Gasteiger partial charge in [0.2, 0.25) is 0 Å². The van der Waals surface area contributed by atoms with E-state index in [1.165, 1.54) is 4.90 Å². The molecule has 0 saturated carbocycles. The summed E-state index contributed by atoms with van der Waals surface area (Å²) in [5, 5.41) is 8.80. The molecule has 1 N–H and O–H groups in total. The second-order valence-electron chi connectivity index (χ2n) is 4.16. The van der Waals surface area contributed by atoms with Gasteiger partial charge in [-0.05, 0) is 19.2 Å². The van der Waals surface area contributed by atoms with Crippen molar-refractivity contribution < 1.29 is 9.90 Å². The van der Waals surface area contributed by atoms with Gasteiger partial charge in [-0.2, -0.15) is 0 Å². The lowest BCUT2D eigenvalue weighted by Gasteiger charge is -2.18. The van der Waals surface area contributed by atoms with Crippen molar-refractivity contribution in [3.63, 3.8) is 0 Å². The van der Waals surface area contributed by atoms with Gasteiger partial charge in [-0.3, -0.25) is 4.79 Å². The van der Waals surface area contributed by atoms with Crippen LogP contribution < -0.4 is 0 Å². The number of carbonyl (C=O) groups is 1. The fourth-order valence-electron chi connectivity index (χ4n) is 1.47. The summed E-state index contributed by atoms with van der Waals surface area (Å²) < 4.78 is 0. The summed E-state index contributed by atoms with van der Waals surface area (Å²) in [5.41, 5.74) is 0. The minimum Gasteiger partial charge on any atom is -0.481 e. The Hall–Kier alpha value is -1.00. The molecule has 0 amide bonds. The molecule has 1 aromatic carbocycles. The van der Waals surface area contributed by atoms with Crippen molar-refractivity contribution in [2.45, 2.75) is 11.8 Å². The number of thioether (sulfide) groups is 1. The molecular weight excluding hydrogens is 234 g/mol. The van der Waals surface area contributed by atoms with E-state index >= 15 is 0 Å². The molecular formula is C13H19NO2S. The number of hydrogen-bond donors (Lipinski definition) is 1. The topological polar surface area (TPSA) is 40.5 Å². The third kappa shape index (κ3) is 5.75. The van der Waals surface area contributed by atoms with Crippen molar-refractivity contribution in [2.75, 3.05) is 25.9 Å². The van der Waals surface area contributed by atoms with Gasteiger partial charge in [0.05, 0.1) is 5.92 Å². The highest BCUT2D eigenvalue weighted by atomic mass is 32.2. The molecule has 17 heavy (non-hydrogen) atoms. The fourth-order valence-corrected chi connectivity index (χ4v) is 2.46. The summed E-state index contributed by atoms with van der Waals surface area (Å²) in [6.07, 6.45) is 0. The number of carboxylic acid groups (broad SMARTS) is 1. The molecule has 3 nitrogen and oxygen atoms in total. The largest absolute Gasteiger partial charge is 0.481 e. The van der Waals surface area contributed by atoms with Crippen molar-refractivity contribution in [2.24, 2.45) is 5.92 Å². The minimum absolute atomic E-state index is 0.304. The summed E-state index contributed by atoms with van der Waals surface area (Å²) in [6, 6.07) is 10.2. The maximum atomic E-state index is 10.7. The Labute approximate surface area is 107 Å². The second-order valence-corrected chi connectivity index (χ2v) is 5.33. The van der Waals surface area contributed by atoms with Crippen molar-refractivity contribution in [1.82, 2.24) is 4.90 Å². The maximum absolute atomic E-state index is 10.7. The van der Waals surface area contributed by atoms with Gasteiger partial charge in [0.15, 0.2) is 0 Å². The van der Waals surface area contributed by atoms with Gasteiger partial charge >= 0.3 is 5.97 Å². The molecule has 0 heterocycles. The molecule has 94 valence electrons. The van der Waals surface area contributed by atoms with Crippen molar-refractivity contribution in [3.05, 3.63) is 30.3 Å². The summed E-state index contributed by atoms with van der Waals surface area (Å²) in [5.74, 6) is -0.0540. The lowest BCUT2D eigenvalue weighted by molar-refractivity contribution is -0.141. The molecule has 0 fully saturated rings. The minimum atomic E-state index is -0.729. The lowest BCUT2D eigenvalue weighted by atomic mass is 10.2. The molecule has 1 aromatic rings. The standard InChI is InChI=1S/C13H19NO2S/c1-11(13(15)16)10-14(2)8-9-17-12-6-4-3-5-7-12/h3-7,11H,8-10H2,1-2H3,(H,15,16). The predicted molar refractivity (Wildman–Crippen MR) is 71.5 cm³/mol. The number of nitrogens with zero attached hydrogens (tertiary/aromatic N) is 1. The van der Waals surface area contributed by atoms with Crippen LogP contribution in [0.2, 0.25) is 0 Å². The highest BCUT2D eigenvalue weighted by molar-refractivity contribution is 7.99. The average Bonchev–Trinajstić information content (AvgIpc) is 2.30. The van der Waals surface area contributed by atoms with E-state index in [1.807, 2.05) is 25.2 Å². The van der Waals surface area contributed by atoms with E-state index in [2.05, 4.69) is 17.0 Å². The van der Waals surface area contributed by atoms with Crippen LogP contribution in [0.5, 0.6) is 0 Å². The first-order valence-electron chi connectivity index (χ1n) is 5.69. The first-order chi connectivity index (χ1) is 8.09. The Balaban J connectivity index is 2.20. The third-order valence-corrected chi connectivity index (χ3v) is 3.48. The summed E-state index contributed by atoms with van der Waals surface area (Å²) in [4.78, 5) is 14.0. The van der Waals surface area contributed by atoms with Crippen LogP contribution in [0, 0.1) is 5.92 Å². The van der Waals surface area contributed by atoms with Crippen molar-refractivity contribution >= 4 is 17.7 Å². The third-order valence-electron chi connectivity index (χ3n) is 2.49. The zero-order valence-electron chi connectivity index (χ0n) is 10.3. The Bertz CT molecular complexity index is 343. The van der Waals surface area contributed by atoms with Gasteiger partial charge in [0.1, 0.15) is 0 Å². The van der Waals surface area contributed by atoms with Crippen LogP contribution in [0.3, 0.4) is 0 Å². The molecule has 1 atom stereocenters. The molecule has 0 spiro atoms. The molecule has 0 aliphatic heterocycles. The van der Waals surface area contributed by atoms with Gasteiger partial charge in [0, 0.05) is 23.7 Å². The van der Waals surface area contributed by atoms with E-state index in [0.29, 0.717) is 6.54 Å². The number of benzene rings is 1. The Morgan fingerprint density at radius 1 is 1.41 bits per heavy atom. The molecule has 0 aliphatic rings. The first kappa shape index (κ1) is 14.1. The Morgan fingerprint density at radius 2 is 2.06 bits per heavy atom. The van der Waals surface area contributed by atoms with E-state index in [4.69, 9.17) is 5.11 Å². The van der Waals surface area contributed by atoms with Gasteiger partial charge in [0.25, 0.3) is 0 Å². The monoisotopic (exact) mass is 253 g/mol. The average molecular weight is 253 g/mol. The summed E-state index contributed by atoms with van der Waals surface area (Å²) in [6.45, 7) is 3.24. The lowest BCUT2D eigenvalue weighted by Crippen LogP contribution is -2.30. The zero-order chi connectivity index (χ0) is 12.7. The van der Waals surface area contributed by atoms with Crippen molar-refractivity contribution in [3.8, 4) is 0 Å². The zero-order valence-corrected chi connectivity index (χ0v) is 11.1. The Morgan fingerprint density at radius 3 is 2.65 bits per heavy atom. The van der Waals surface area contributed by atoms with E-state index in [-0.39, 0.29) is 5.92 Å². The van der Waals surface area contributed by atoms with Crippen LogP contribution in [0.1, 0.15) is 6.92 Å². The molecule has 0 bridgehead atoms. The summed E-state index contributed by atoms with van der Waals surface area (Å²) >= 11 is 1.80. The molecule has 1 unspecified atom stereocenters. The highest BCUT2D eigenvalue weighted by Crippen LogP contribution is 2.16. The molecule has 0 saturated heterocycles. The first-order valence-corrected chi connectivity index (χ1v) is 6.67. The van der Waals surface area contributed by atoms with E-state index in [0.717, 1.165) is 12.3 Å². The smallest absolute Gasteiger partial charge is 0.307 e. The molecule has 4 heteroatoms. The van der Waals surface area contributed by atoms with Crippen molar-refractivity contribution in [1.29, 1.82) is 0 Å². The van der Waals surface area contributed by atoms with Crippen LogP contribution in [0.25, 0.3) is 0 Å². The quantitative estimate of drug-likeness (QED) is 0.758. The van der Waals surface area contributed by atoms with Gasteiger partial charge in [-0.1, -0.05) is 25.1 Å². The number of rotatable bonds is 7. The van der Waals surface area contributed by atoms with Gasteiger partial charge in [-0.15, -0.1) is 11.8 Å². The molecule has 1 rings (SSSR count). The van der Waals surface area contributed by atoms with Crippen LogP contribution >= 0.6 is 11.8 Å². The van der Waals surface area contributed by atoms with Crippen LogP contribution in [0.4, 0.5) is 0 Å². The predicted octanol–water partition coefficient (Wildman–Crippen LogP) is 2.43. The van der Waals surface area contributed by atoms with Crippen LogP contribution in [-0.4, -0.2) is 41.9 Å². The summed E-state index contributed by atoms with van der Waals surface area (Å²) in [7, 11) is 1.96. The van der Waals surface area contributed by atoms with E-state index in [1.54, 1.807) is 18.7 Å². The maximum Gasteiger partial charge on any atom is 0.307 e. The number of aliphatic carboxylic acids is 1. The normalized spacial score (nSPS) is 12.6. The van der Waals surface area contributed by atoms with Crippen LogP contribution in [-0.2, 0) is 4.79 Å². The van der Waals surface area contributed by atoms with Gasteiger partial charge < -0.3 is 10.0 Å². The molecule has 0 aromatic heterocycles. The SMILES string of the molecule is CC(CN(C)CCSc1ccccc1)C(=O)O. The molecule has 0 aliphatic carbocycles. The Kier molecular flexibility index (Phi) is 6.08. The number of hydrogen-bond acceptors (Lipinski definition) is 3. The number of carboxylic acids is 1.